The van der Waals surface area contributed by atoms with E-state index >= 15 is 0 Å². The molecular weight excluding hydrogens is 388 g/mol. The lowest BCUT2D eigenvalue weighted by Gasteiger charge is -2.39. The number of hydrogen-bond donors (Lipinski definition) is 3. The zero-order valence-electron chi connectivity index (χ0n) is 16.4. The molecule has 1 aliphatic heterocycles. The zero-order chi connectivity index (χ0) is 20.4. The average molecular weight is 413 g/mol. The molecule has 3 aromatic rings. The Morgan fingerprint density at radius 2 is 2.00 bits per heavy atom. The molecule has 29 heavy (non-hydrogen) atoms. The van der Waals surface area contributed by atoms with E-state index in [1.807, 2.05) is 43.5 Å². The summed E-state index contributed by atoms with van der Waals surface area (Å²) in [5, 5.41) is 4.80. The molecule has 0 unspecified atom stereocenters. The van der Waals surface area contributed by atoms with E-state index in [-0.39, 0.29) is 11.9 Å². The number of H-pyrrole nitrogens is 1. The van der Waals surface area contributed by atoms with Crippen LogP contribution in [0.15, 0.2) is 42.9 Å². The quantitative estimate of drug-likeness (QED) is 0.597. The van der Waals surface area contributed by atoms with E-state index in [0.717, 1.165) is 28.8 Å². The molecule has 1 atom stereocenters. The second-order valence-electron chi connectivity index (χ2n) is 7.57. The van der Waals surface area contributed by atoms with Crippen molar-refractivity contribution in [3.63, 3.8) is 0 Å². The zero-order valence-corrected chi connectivity index (χ0v) is 17.1. The van der Waals surface area contributed by atoms with Gasteiger partial charge in [0.2, 0.25) is 5.91 Å². The Kier molecular flexibility index (Phi) is 5.43. The van der Waals surface area contributed by atoms with Crippen molar-refractivity contribution in [1.82, 2.24) is 20.3 Å². The van der Waals surface area contributed by atoms with Gasteiger partial charge in [-0.15, -0.1) is 0 Å². The van der Waals surface area contributed by atoms with E-state index in [0.29, 0.717) is 31.0 Å². The Labute approximate surface area is 174 Å². The fraction of sp³-hybridized carbons (Fsp3) is 0.381. The fourth-order valence-corrected chi connectivity index (χ4v) is 4.00. The van der Waals surface area contributed by atoms with Crippen molar-refractivity contribution < 1.29 is 4.79 Å². The summed E-state index contributed by atoms with van der Waals surface area (Å²) in [6, 6.07) is 9.45. The van der Waals surface area contributed by atoms with Crippen LogP contribution in [0.5, 0.6) is 0 Å². The summed E-state index contributed by atoms with van der Waals surface area (Å²) in [7, 11) is 0. The number of hydrogen-bond acceptors (Lipinski definition) is 5. The molecule has 0 spiro atoms. The first-order valence-electron chi connectivity index (χ1n) is 9.88. The van der Waals surface area contributed by atoms with Crippen LogP contribution < -0.4 is 16.0 Å². The van der Waals surface area contributed by atoms with Crippen LogP contribution in [0.25, 0.3) is 11.0 Å². The second kappa shape index (κ2) is 8.00. The number of amides is 1. The minimum Gasteiger partial charge on any atom is -0.356 e. The lowest BCUT2D eigenvalue weighted by molar-refractivity contribution is -0.127. The van der Waals surface area contributed by atoms with E-state index in [4.69, 9.17) is 17.3 Å². The number of aromatic nitrogens is 3. The molecule has 4 rings (SSSR count). The number of anilines is 1. The van der Waals surface area contributed by atoms with Crippen LogP contribution in [-0.4, -0.2) is 39.5 Å². The number of piperidine rings is 1. The highest BCUT2D eigenvalue weighted by Gasteiger charge is 2.39. The van der Waals surface area contributed by atoms with Gasteiger partial charge in [-0.2, -0.15) is 0 Å². The van der Waals surface area contributed by atoms with Gasteiger partial charge in [0.1, 0.15) is 17.8 Å². The Bertz CT molecular complexity index is 994. The summed E-state index contributed by atoms with van der Waals surface area (Å²) in [6.07, 6.45) is 5.32. The molecule has 4 N–H and O–H groups in total. The van der Waals surface area contributed by atoms with Crippen LogP contribution in [0.2, 0.25) is 5.02 Å². The summed E-state index contributed by atoms with van der Waals surface area (Å²) >= 11 is 5.98. The molecule has 1 fully saturated rings. The van der Waals surface area contributed by atoms with Crippen LogP contribution in [0.3, 0.4) is 0 Å². The lowest BCUT2D eigenvalue weighted by atomic mass is 9.87. The van der Waals surface area contributed by atoms with Crippen molar-refractivity contribution in [3.05, 3.63) is 53.4 Å². The molecule has 2 aromatic heterocycles. The predicted octanol–water partition coefficient (Wildman–Crippen LogP) is 3.18. The maximum absolute atomic E-state index is 13.0. The second-order valence-corrected chi connectivity index (χ2v) is 8.00. The highest BCUT2D eigenvalue weighted by atomic mass is 35.5. The van der Waals surface area contributed by atoms with Gasteiger partial charge in [-0.3, -0.25) is 4.79 Å². The number of carbonyl (C=O) groups is 1. The first-order valence-corrected chi connectivity index (χ1v) is 10.3. The van der Waals surface area contributed by atoms with E-state index < -0.39 is 5.54 Å². The van der Waals surface area contributed by atoms with Gasteiger partial charge in [0, 0.05) is 24.3 Å². The molecule has 1 saturated heterocycles. The molecule has 7 nitrogen and oxygen atoms in total. The maximum Gasteiger partial charge on any atom is 0.240 e. The summed E-state index contributed by atoms with van der Waals surface area (Å²) in [5.74, 6) is 0.778. The summed E-state index contributed by atoms with van der Waals surface area (Å²) in [4.78, 5) is 27.0. The SMILES string of the molecule is CC[C@@H](NC(=O)C1(N)CCN(c2ncnc3[nH]ccc23)CC1)c1ccc(Cl)cc1. The molecular formula is C21H25ClN6O. The monoisotopic (exact) mass is 412 g/mol. The number of carbonyl (C=O) groups excluding carboxylic acids is 1. The number of aromatic amines is 1. The number of rotatable bonds is 5. The van der Waals surface area contributed by atoms with Crippen LogP contribution in [0, 0.1) is 0 Å². The smallest absolute Gasteiger partial charge is 0.240 e. The van der Waals surface area contributed by atoms with Gasteiger partial charge in [-0.25, -0.2) is 9.97 Å². The van der Waals surface area contributed by atoms with E-state index in [1.165, 1.54) is 0 Å². The molecule has 0 bridgehead atoms. The molecule has 1 aliphatic rings. The van der Waals surface area contributed by atoms with Gasteiger partial charge in [-0.1, -0.05) is 30.7 Å². The molecule has 1 amide bonds. The van der Waals surface area contributed by atoms with Crippen molar-refractivity contribution in [2.75, 3.05) is 18.0 Å². The highest BCUT2D eigenvalue weighted by Crippen LogP contribution is 2.29. The van der Waals surface area contributed by atoms with Crippen LogP contribution in [0.4, 0.5) is 5.82 Å². The summed E-state index contributed by atoms with van der Waals surface area (Å²) in [5.41, 5.74) is 7.49. The van der Waals surface area contributed by atoms with Crippen LogP contribution >= 0.6 is 11.6 Å². The Morgan fingerprint density at radius 3 is 2.69 bits per heavy atom. The molecule has 1 aromatic carbocycles. The van der Waals surface area contributed by atoms with Crippen LogP contribution in [-0.2, 0) is 4.79 Å². The fourth-order valence-electron chi connectivity index (χ4n) is 3.87. The van der Waals surface area contributed by atoms with Crippen molar-refractivity contribution in [1.29, 1.82) is 0 Å². The van der Waals surface area contributed by atoms with Crippen molar-refractivity contribution in [2.45, 2.75) is 37.8 Å². The van der Waals surface area contributed by atoms with Gasteiger partial charge >= 0.3 is 0 Å². The number of nitrogens with zero attached hydrogens (tertiary/aromatic N) is 3. The van der Waals surface area contributed by atoms with Crippen molar-refractivity contribution in [2.24, 2.45) is 5.73 Å². The molecule has 0 aliphatic carbocycles. The standard InChI is InChI=1S/C21H25ClN6O/c1-2-17(14-3-5-15(22)6-4-14)27-20(29)21(23)8-11-28(12-9-21)19-16-7-10-24-18(16)25-13-26-19/h3-7,10,13,17H,2,8-9,11-12,23H2,1H3,(H,27,29)(H,24,25,26)/t17-/m1/s1. The normalized spacial score (nSPS) is 17.3. The Balaban J connectivity index is 1.43. The molecule has 0 radical (unpaired) electrons. The Hall–Kier alpha value is -2.64. The highest BCUT2D eigenvalue weighted by molar-refractivity contribution is 6.30. The molecule has 152 valence electrons. The first kappa shape index (κ1) is 19.7. The van der Waals surface area contributed by atoms with Gasteiger partial charge in [-0.05, 0) is 43.0 Å². The third-order valence-corrected chi connectivity index (χ3v) is 5.98. The summed E-state index contributed by atoms with van der Waals surface area (Å²) in [6.45, 7) is 3.38. The molecule has 8 heteroatoms. The number of fused-ring (bicyclic) bond motifs is 1. The minimum absolute atomic E-state index is 0.0837. The maximum atomic E-state index is 13.0. The third-order valence-electron chi connectivity index (χ3n) is 5.73. The first-order chi connectivity index (χ1) is 14.0. The third kappa shape index (κ3) is 3.93. The van der Waals surface area contributed by atoms with Gasteiger partial charge in [0.25, 0.3) is 0 Å². The van der Waals surface area contributed by atoms with Crippen molar-refractivity contribution >= 4 is 34.4 Å². The topological polar surface area (TPSA) is 99.9 Å². The predicted molar refractivity (Wildman–Crippen MR) is 115 cm³/mol. The van der Waals surface area contributed by atoms with Gasteiger partial charge < -0.3 is 20.9 Å². The largest absolute Gasteiger partial charge is 0.356 e. The number of benzene rings is 1. The van der Waals surface area contributed by atoms with Gasteiger partial charge in [0.15, 0.2) is 0 Å². The van der Waals surface area contributed by atoms with Gasteiger partial charge in [0.05, 0.1) is 17.0 Å². The van der Waals surface area contributed by atoms with E-state index in [2.05, 4.69) is 25.2 Å². The number of nitrogens with one attached hydrogen (secondary N) is 2. The van der Waals surface area contributed by atoms with Crippen molar-refractivity contribution in [3.8, 4) is 0 Å². The molecule has 0 saturated carbocycles. The van der Waals surface area contributed by atoms with E-state index in [9.17, 15) is 4.79 Å². The minimum atomic E-state index is -0.888. The number of nitrogens with two attached hydrogens (primary N) is 1. The molecule has 3 heterocycles. The average Bonchev–Trinajstić information content (AvgIpc) is 3.22. The number of halogens is 1. The van der Waals surface area contributed by atoms with Crippen LogP contribution in [0.1, 0.15) is 37.8 Å². The van der Waals surface area contributed by atoms with E-state index in [1.54, 1.807) is 6.33 Å². The Morgan fingerprint density at radius 1 is 1.28 bits per heavy atom. The summed E-state index contributed by atoms with van der Waals surface area (Å²) < 4.78 is 0. The lowest BCUT2D eigenvalue weighted by Crippen LogP contribution is -2.60.